The maximum absolute atomic E-state index is 5.78. The number of hydrogen-bond acceptors (Lipinski definition) is 4. The molecule has 3 nitrogen and oxygen atoms in total. The quantitative estimate of drug-likeness (QED) is 0.853. The topological polar surface area (TPSA) is 50.9 Å². The van der Waals surface area contributed by atoms with Crippen LogP contribution in [0.1, 0.15) is 16.1 Å². The zero-order valence-corrected chi connectivity index (χ0v) is 11.9. The predicted molar refractivity (Wildman–Crippen MR) is 75.9 cm³/mol. The zero-order valence-electron chi connectivity index (χ0n) is 9.53. The van der Waals surface area contributed by atoms with Crippen molar-refractivity contribution in [3.05, 3.63) is 44.3 Å². The number of nitrogens with zero attached hydrogens (tertiary/aromatic N) is 1. The Morgan fingerprint density at radius 3 is 2.82 bits per heavy atom. The second kappa shape index (κ2) is 5.62. The molecule has 1 aromatic heterocycles. The molecule has 2 rings (SSSR count). The number of hydrogen-bond donors (Lipinski definition) is 2. The van der Waals surface area contributed by atoms with E-state index in [1.807, 2.05) is 24.6 Å². The molecule has 0 unspecified atom stereocenters. The van der Waals surface area contributed by atoms with E-state index in [1.165, 1.54) is 10.4 Å². The minimum Gasteiger partial charge on any atom is -0.399 e. The van der Waals surface area contributed by atoms with Crippen molar-refractivity contribution in [1.82, 2.24) is 10.3 Å². The molecule has 17 heavy (non-hydrogen) atoms. The SMILES string of the molecule is Cc1ncsc1CNCc1cc(N)cc(Br)c1. The number of aryl methyl sites for hydroxylation is 1. The lowest BCUT2D eigenvalue weighted by atomic mass is 10.2. The maximum atomic E-state index is 5.78. The molecule has 0 atom stereocenters. The lowest BCUT2D eigenvalue weighted by molar-refractivity contribution is 0.697. The van der Waals surface area contributed by atoms with Gasteiger partial charge in [-0.15, -0.1) is 11.3 Å². The average Bonchev–Trinajstić information content (AvgIpc) is 2.63. The van der Waals surface area contributed by atoms with Gasteiger partial charge in [-0.3, -0.25) is 0 Å². The summed E-state index contributed by atoms with van der Waals surface area (Å²) in [7, 11) is 0. The number of thiazole rings is 1. The lowest BCUT2D eigenvalue weighted by Gasteiger charge is -2.06. The fourth-order valence-electron chi connectivity index (χ4n) is 1.59. The number of nitrogen functional groups attached to an aromatic ring is 1. The van der Waals surface area contributed by atoms with Gasteiger partial charge >= 0.3 is 0 Å². The zero-order chi connectivity index (χ0) is 12.3. The Morgan fingerprint density at radius 1 is 1.35 bits per heavy atom. The van der Waals surface area contributed by atoms with Gasteiger partial charge in [0.25, 0.3) is 0 Å². The lowest BCUT2D eigenvalue weighted by Crippen LogP contribution is -2.12. The smallest absolute Gasteiger partial charge is 0.0798 e. The number of anilines is 1. The van der Waals surface area contributed by atoms with Crippen molar-refractivity contribution in [2.75, 3.05) is 5.73 Å². The summed E-state index contributed by atoms with van der Waals surface area (Å²) in [6.07, 6.45) is 0. The Labute approximate surface area is 113 Å². The molecule has 3 N–H and O–H groups in total. The molecule has 0 saturated carbocycles. The molecule has 2 aromatic rings. The molecule has 5 heteroatoms. The van der Waals surface area contributed by atoms with E-state index < -0.39 is 0 Å². The molecular weight excluding hydrogens is 298 g/mol. The number of nitrogens with two attached hydrogens (primary N) is 1. The van der Waals surface area contributed by atoms with Crippen LogP contribution in [0.4, 0.5) is 5.69 Å². The molecule has 1 heterocycles. The van der Waals surface area contributed by atoms with Crippen LogP contribution in [-0.4, -0.2) is 4.98 Å². The monoisotopic (exact) mass is 311 g/mol. The van der Waals surface area contributed by atoms with E-state index in [9.17, 15) is 0 Å². The van der Waals surface area contributed by atoms with Crippen LogP contribution in [0, 0.1) is 6.92 Å². The van der Waals surface area contributed by atoms with Crippen LogP contribution < -0.4 is 11.1 Å². The van der Waals surface area contributed by atoms with Gasteiger partial charge in [0.2, 0.25) is 0 Å². The third-order valence-electron chi connectivity index (χ3n) is 2.44. The van der Waals surface area contributed by atoms with Gasteiger partial charge in [0.15, 0.2) is 0 Å². The van der Waals surface area contributed by atoms with E-state index in [0.717, 1.165) is 28.9 Å². The third-order valence-corrected chi connectivity index (χ3v) is 3.83. The van der Waals surface area contributed by atoms with Crippen molar-refractivity contribution < 1.29 is 0 Å². The normalized spacial score (nSPS) is 10.7. The van der Waals surface area contributed by atoms with Crippen LogP contribution in [0.2, 0.25) is 0 Å². The van der Waals surface area contributed by atoms with Gasteiger partial charge in [-0.05, 0) is 30.7 Å². The molecule has 0 saturated heterocycles. The molecule has 0 amide bonds. The predicted octanol–water partition coefficient (Wildman–Crippen LogP) is 3.09. The third kappa shape index (κ3) is 3.52. The summed E-state index contributed by atoms with van der Waals surface area (Å²) < 4.78 is 1.02. The molecule has 0 fully saturated rings. The van der Waals surface area contributed by atoms with Crippen molar-refractivity contribution in [3.8, 4) is 0 Å². The Balaban J connectivity index is 1.92. The van der Waals surface area contributed by atoms with Gasteiger partial charge in [0, 0.05) is 28.1 Å². The first-order valence-electron chi connectivity index (χ1n) is 5.30. The highest BCUT2D eigenvalue weighted by Crippen LogP contribution is 2.17. The van der Waals surface area contributed by atoms with Crippen LogP contribution in [0.15, 0.2) is 28.2 Å². The van der Waals surface area contributed by atoms with E-state index in [4.69, 9.17) is 5.73 Å². The summed E-state index contributed by atoms with van der Waals surface area (Å²) >= 11 is 5.12. The molecule has 90 valence electrons. The second-order valence-electron chi connectivity index (χ2n) is 3.86. The highest BCUT2D eigenvalue weighted by atomic mass is 79.9. The molecule has 0 spiro atoms. The van der Waals surface area contributed by atoms with Crippen molar-refractivity contribution in [2.24, 2.45) is 0 Å². The van der Waals surface area contributed by atoms with Gasteiger partial charge in [-0.2, -0.15) is 0 Å². The standard InChI is InChI=1S/C12H14BrN3S/c1-8-12(17-7-16-8)6-15-5-9-2-10(13)4-11(14)3-9/h2-4,7,15H,5-6,14H2,1H3. The molecule has 0 bridgehead atoms. The van der Waals surface area contributed by atoms with Gasteiger partial charge in [-0.25, -0.2) is 4.98 Å². The fraction of sp³-hybridized carbons (Fsp3) is 0.250. The summed E-state index contributed by atoms with van der Waals surface area (Å²) in [5, 5.41) is 3.39. The van der Waals surface area contributed by atoms with Crippen molar-refractivity contribution in [3.63, 3.8) is 0 Å². The Morgan fingerprint density at radius 2 is 2.18 bits per heavy atom. The van der Waals surface area contributed by atoms with Gasteiger partial charge in [-0.1, -0.05) is 15.9 Å². The molecule has 0 aliphatic carbocycles. The van der Waals surface area contributed by atoms with Crippen molar-refractivity contribution in [2.45, 2.75) is 20.0 Å². The van der Waals surface area contributed by atoms with Gasteiger partial charge < -0.3 is 11.1 Å². The highest BCUT2D eigenvalue weighted by Gasteiger charge is 2.01. The number of benzene rings is 1. The van der Waals surface area contributed by atoms with E-state index >= 15 is 0 Å². The summed E-state index contributed by atoms with van der Waals surface area (Å²) in [4.78, 5) is 5.51. The molecule has 1 aromatic carbocycles. The van der Waals surface area contributed by atoms with E-state index in [1.54, 1.807) is 11.3 Å². The second-order valence-corrected chi connectivity index (χ2v) is 5.71. The molecular formula is C12H14BrN3S. The summed E-state index contributed by atoms with van der Waals surface area (Å²) in [5.74, 6) is 0. The van der Waals surface area contributed by atoms with Gasteiger partial charge in [0.1, 0.15) is 0 Å². The minimum atomic E-state index is 0.783. The molecule has 0 radical (unpaired) electrons. The Kier molecular flexibility index (Phi) is 4.15. The summed E-state index contributed by atoms with van der Waals surface area (Å²) in [5.41, 5.74) is 10.7. The van der Waals surface area contributed by atoms with Crippen LogP contribution in [-0.2, 0) is 13.1 Å². The first-order valence-corrected chi connectivity index (χ1v) is 6.97. The maximum Gasteiger partial charge on any atom is 0.0798 e. The molecule has 0 aliphatic rings. The largest absolute Gasteiger partial charge is 0.399 e. The highest BCUT2D eigenvalue weighted by molar-refractivity contribution is 9.10. The Hall–Kier alpha value is -0.910. The van der Waals surface area contributed by atoms with E-state index in [0.29, 0.717) is 0 Å². The minimum absolute atomic E-state index is 0.783. The number of nitrogens with one attached hydrogen (secondary N) is 1. The number of aromatic nitrogens is 1. The van der Waals surface area contributed by atoms with Gasteiger partial charge in [0.05, 0.1) is 11.2 Å². The van der Waals surface area contributed by atoms with E-state index in [-0.39, 0.29) is 0 Å². The first kappa shape index (κ1) is 12.5. The van der Waals surface area contributed by atoms with Crippen LogP contribution in [0.5, 0.6) is 0 Å². The van der Waals surface area contributed by atoms with Crippen molar-refractivity contribution >= 4 is 33.0 Å². The fourth-order valence-corrected chi connectivity index (χ4v) is 2.90. The van der Waals surface area contributed by atoms with Crippen LogP contribution in [0.3, 0.4) is 0 Å². The van der Waals surface area contributed by atoms with Crippen molar-refractivity contribution in [1.29, 1.82) is 0 Å². The van der Waals surface area contributed by atoms with E-state index in [2.05, 4.69) is 32.3 Å². The molecule has 0 aliphatic heterocycles. The summed E-state index contributed by atoms with van der Waals surface area (Å²) in [6, 6.07) is 5.96. The summed E-state index contributed by atoms with van der Waals surface area (Å²) in [6.45, 7) is 3.69. The number of halogens is 1. The number of rotatable bonds is 4. The average molecular weight is 312 g/mol. The van der Waals surface area contributed by atoms with Crippen LogP contribution >= 0.6 is 27.3 Å². The Bertz CT molecular complexity index is 490. The first-order chi connectivity index (χ1) is 8.15. The van der Waals surface area contributed by atoms with Crippen LogP contribution in [0.25, 0.3) is 0 Å².